The topological polar surface area (TPSA) is 82.3 Å². The third kappa shape index (κ3) is 5.88. The quantitative estimate of drug-likeness (QED) is 0.786. The maximum absolute atomic E-state index is 11.6. The molecule has 6 heteroatoms. The SMILES string of the molecule is CCCS(=O)(=O)CCOc1ccc(C)nc1CC(C)N. The van der Waals surface area contributed by atoms with Crippen LogP contribution in [0.4, 0.5) is 0 Å². The highest BCUT2D eigenvalue weighted by molar-refractivity contribution is 7.91. The molecule has 1 aromatic rings. The Labute approximate surface area is 121 Å². The molecule has 0 saturated carbocycles. The summed E-state index contributed by atoms with van der Waals surface area (Å²) in [6, 6.07) is 3.66. The van der Waals surface area contributed by atoms with Gasteiger partial charge in [-0.1, -0.05) is 6.92 Å². The monoisotopic (exact) mass is 300 g/mol. The van der Waals surface area contributed by atoms with Gasteiger partial charge in [0.25, 0.3) is 0 Å². The fraction of sp³-hybridized carbons (Fsp3) is 0.643. The number of rotatable bonds is 8. The predicted octanol–water partition coefficient (Wildman–Crippen LogP) is 1.48. The number of nitrogens with zero attached hydrogens (tertiary/aromatic N) is 1. The minimum Gasteiger partial charge on any atom is -0.491 e. The van der Waals surface area contributed by atoms with Crippen LogP contribution in [0.5, 0.6) is 5.75 Å². The first-order valence-electron chi connectivity index (χ1n) is 6.89. The van der Waals surface area contributed by atoms with Crippen molar-refractivity contribution in [1.82, 2.24) is 4.98 Å². The Kier molecular flexibility index (Phi) is 6.42. The summed E-state index contributed by atoms with van der Waals surface area (Å²) in [5, 5.41) is 0. The van der Waals surface area contributed by atoms with E-state index >= 15 is 0 Å². The van der Waals surface area contributed by atoms with Crippen LogP contribution in [0.2, 0.25) is 0 Å². The predicted molar refractivity (Wildman–Crippen MR) is 80.8 cm³/mol. The van der Waals surface area contributed by atoms with E-state index in [1.165, 1.54) is 0 Å². The largest absolute Gasteiger partial charge is 0.491 e. The number of sulfone groups is 1. The molecule has 0 amide bonds. The van der Waals surface area contributed by atoms with Crippen LogP contribution in [0.25, 0.3) is 0 Å². The van der Waals surface area contributed by atoms with Crippen LogP contribution >= 0.6 is 0 Å². The van der Waals surface area contributed by atoms with E-state index in [4.69, 9.17) is 10.5 Å². The highest BCUT2D eigenvalue weighted by Crippen LogP contribution is 2.18. The average Bonchev–Trinajstić information content (AvgIpc) is 2.31. The molecule has 0 aliphatic heterocycles. The molecule has 1 aromatic heterocycles. The van der Waals surface area contributed by atoms with Gasteiger partial charge < -0.3 is 10.5 Å². The van der Waals surface area contributed by atoms with Gasteiger partial charge in [-0.05, 0) is 32.4 Å². The molecule has 0 bridgehead atoms. The van der Waals surface area contributed by atoms with Gasteiger partial charge in [-0.25, -0.2) is 8.42 Å². The first-order chi connectivity index (χ1) is 9.34. The van der Waals surface area contributed by atoms with Gasteiger partial charge in [-0.2, -0.15) is 0 Å². The van der Waals surface area contributed by atoms with Crippen molar-refractivity contribution in [2.45, 2.75) is 39.7 Å². The summed E-state index contributed by atoms with van der Waals surface area (Å²) < 4.78 is 28.8. The van der Waals surface area contributed by atoms with Crippen LogP contribution < -0.4 is 10.5 Å². The number of ether oxygens (including phenoxy) is 1. The number of pyridine rings is 1. The zero-order valence-corrected chi connectivity index (χ0v) is 13.2. The van der Waals surface area contributed by atoms with Crippen molar-refractivity contribution < 1.29 is 13.2 Å². The van der Waals surface area contributed by atoms with E-state index in [1.54, 1.807) is 0 Å². The smallest absolute Gasteiger partial charge is 0.153 e. The summed E-state index contributed by atoms with van der Waals surface area (Å²) in [6.45, 7) is 5.81. The Hall–Kier alpha value is -1.14. The van der Waals surface area contributed by atoms with Crippen LogP contribution in [0.1, 0.15) is 31.7 Å². The van der Waals surface area contributed by atoms with Crippen LogP contribution in [-0.4, -0.2) is 37.6 Å². The maximum atomic E-state index is 11.6. The summed E-state index contributed by atoms with van der Waals surface area (Å²) in [5.41, 5.74) is 7.47. The van der Waals surface area contributed by atoms with Crippen LogP contribution in [0.15, 0.2) is 12.1 Å². The lowest BCUT2D eigenvalue weighted by molar-refractivity contribution is 0.334. The van der Waals surface area contributed by atoms with Crippen LogP contribution in [0, 0.1) is 6.92 Å². The fourth-order valence-electron chi connectivity index (χ4n) is 1.87. The standard InChI is InChI=1S/C14H24N2O3S/c1-4-8-20(17,18)9-7-19-14-6-5-12(3)16-13(14)10-11(2)15/h5-6,11H,4,7-10,15H2,1-3H3. The molecule has 114 valence electrons. The van der Waals surface area contributed by atoms with E-state index in [9.17, 15) is 8.42 Å². The summed E-state index contributed by atoms with van der Waals surface area (Å²) >= 11 is 0. The molecule has 1 rings (SSSR count). The minimum absolute atomic E-state index is 0.0181. The molecule has 2 N–H and O–H groups in total. The van der Waals surface area contributed by atoms with Crippen LogP contribution in [-0.2, 0) is 16.3 Å². The lowest BCUT2D eigenvalue weighted by atomic mass is 10.1. The molecule has 5 nitrogen and oxygen atoms in total. The molecule has 1 unspecified atom stereocenters. The average molecular weight is 300 g/mol. The zero-order valence-electron chi connectivity index (χ0n) is 12.4. The Morgan fingerprint density at radius 3 is 2.65 bits per heavy atom. The molecule has 20 heavy (non-hydrogen) atoms. The van der Waals surface area contributed by atoms with Gasteiger partial charge in [0.15, 0.2) is 9.84 Å². The number of hydrogen-bond acceptors (Lipinski definition) is 5. The van der Waals surface area contributed by atoms with Gasteiger partial charge in [0.05, 0.1) is 17.2 Å². The Balaban J connectivity index is 2.68. The first kappa shape index (κ1) is 16.9. The second kappa shape index (κ2) is 7.59. The molecule has 0 aromatic carbocycles. The van der Waals surface area contributed by atoms with E-state index in [2.05, 4.69) is 4.98 Å². The van der Waals surface area contributed by atoms with Crippen molar-refractivity contribution in [2.24, 2.45) is 5.73 Å². The zero-order chi connectivity index (χ0) is 15.2. The van der Waals surface area contributed by atoms with E-state index in [0.717, 1.165) is 11.4 Å². The number of aromatic nitrogens is 1. The highest BCUT2D eigenvalue weighted by Gasteiger charge is 2.12. The van der Waals surface area contributed by atoms with Crippen molar-refractivity contribution in [3.8, 4) is 5.75 Å². The van der Waals surface area contributed by atoms with Crippen molar-refractivity contribution in [3.63, 3.8) is 0 Å². The lowest BCUT2D eigenvalue weighted by Crippen LogP contribution is -2.21. The molecular weight excluding hydrogens is 276 g/mol. The van der Waals surface area contributed by atoms with Crippen LogP contribution in [0.3, 0.4) is 0 Å². The van der Waals surface area contributed by atoms with Crippen molar-refractivity contribution in [2.75, 3.05) is 18.1 Å². The summed E-state index contributed by atoms with van der Waals surface area (Å²) in [4.78, 5) is 4.41. The van der Waals surface area contributed by atoms with Gasteiger partial charge in [-0.3, -0.25) is 4.98 Å². The van der Waals surface area contributed by atoms with Crippen molar-refractivity contribution in [1.29, 1.82) is 0 Å². The molecule has 0 aliphatic rings. The Morgan fingerprint density at radius 1 is 1.35 bits per heavy atom. The Bertz CT molecular complexity index is 527. The second-order valence-corrected chi connectivity index (χ2v) is 7.38. The van der Waals surface area contributed by atoms with Gasteiger partial charge in [0.2, 0.25) is 0 Å². The normalized spacial score (nSPS) is 13.2. The third-order valence-corrected chi connectivity index (χ3v) is 4.57. The lowest BCUT2D eigenvalue weighted by Gasteiger charge is -2.13. The second-order valence-electron chi connectivity index (χ2n) is 5.08. The van der Waals surface area contributed by atoms with Gasteiger partial charge in [0, 0.05) is 18.2 Å². The molecule has 0 spiro atoms. The third-order valence-electron chi connectivity index (χ3n) is 2.75. The molecule has 0 saturated heterocycles. The Morgan fingerprint density at radius 2 is 2.05 bits per heavy atom. The van der Waals surface area contributed by atoms with Gasteiger partial charge in [-0.15, -0.1) is 0 Å². The minimum atomic E-state index is -3.02. The molecule has 1 heterocycles. The van der Waals surface area contributed by atoms with Gasteiger partial charge in [0.1, 0.15) is 12.4 Å². The summed E-state index contributed by atoms with van der Waals surface area (Å²) in [7, 11) is -3.02. The van der Waals surface area contributed by atoms with Crippen molar-refractivity contribution in [3.05, 3.63) is 23.5 Å². The molecule has 1 atom stereocenters. The molecular formula is C14H24N2O3S. The fourth-order valence-corrected chi connectivity index (χ4v) is 3.04. The molecule has 0 fully saturated rings. The first-order valence-corrected chi connectivity index (χ1v) is 8.71. The number of hydrogen-bond donors (Lipinski definition) is 1. The maximum Gasteiger partial charge on any atom is 0.153 e. The molecule has 0 radical (unpaired) electrons. The van der Waals surface area contributed by atoms with Crippen molar-refractivity contribution >= 4 is 9.84 Å². The summed E-state index contributed by atoms with van der Waals surface area (Å²) in [5.74, 6) is 0.862. The summed E-state index contributed by atoms with van der Waals surface area (Å²) in [6.07, 6.45) is 1.24. The van der Waals surface area contributed by atoms with E-state index in [0.29, 0.717) is 18.6 Å². The van der Waals surface area contributed by atoms with E-state index in [-0.39, 0.29) is 24.2 Å². The number of aryl methyl sites for hydroxylation is 1. The van der Waals surface area contributed by atoms with E-state index < -0.39 is 9.84 Å². The molecule has 0 aliphatic carbocycles. The number of nitrogens with two attached hydrogens (primary N) is 1. The highest BCUT2D eigenvalue weighted by atomic mass is 32.2. The van der Waals surface area contributed by atoms with Gasteiger partial charge >= 0.3 is 0 Å². The van der Waals surface area contributed by atoms with E-state index in [1.807, 2.05) is 32.9 Å².